The Bertz CT molecular complexity index is 1120. The third kappa shape index (κ3) is 5.39. The molecule has 0 aliphatic carbocycles. The van der Waals surface area contributed by atoms with Crippen molar-refractivity contribution in [2.45, 2.75) is 26.4 Å². The van der Waals surface area contributed by atoms with E-state index in [-0.39, 0.29) is 11.8 Å². The number of carbonyl (C=O) groups excluding carboxylic acids is 2. The van der Waals surface area contributed by atoms with Crippen molar-refractivity contribution in [3.63, 3.8) is 0 Å². The Hall–Kier alpha value is -3.39. The van der Waals surface area contributed by atoms with Gasteiger partial charge in [-0.15, -0.1) is 11.3 Å². The number of carbonyl (C=O) groups is 2. The molecule has 1 aromatic heterocycles. The number of methoxy groups -OCH3 is 1. The monoisotopic (exact) mass is 479 g/mol. The maximum absolute atomic E-state index is 13.1. The quantitative estimate of drug-likeness (QED) is 0.501. The molecule has 0 N–H and O–H groups in total. The molecule has 8 heteroatoms. The van der Waals surface area contributed by atoms with Crippen LogP contribution in [-0.4, -0.2) is 59.9 Å². The lowest BCUT2D eigenvalue weighted by Crippen LogP contribution is -2.50. The molecule has 1 aliphatic rings. The number of amides is 2. The number of hydrogen-bond acceptors (Lipinski definition) is 6. The summed E-state index contributed by atoms with van der Waals surface area (Å²) in [6.45, 7) is 6.57. The first kappa shape index (κ1) is 23.8. The molecule has 0 saturated carbocycles. The summed E-state index contributed by atoms with van der Waals surface area (Å²) in [5, 5.41) is 1.93. The van der Waals surface area contributed by atoms with Crippen LogP contribution in [0, 0.1) is 0 Å². The summed E-state index contributed by atoms with van der Waals surface area (Å²) in [7, 11) is 1.55. The molecule has 178 valence electrons. The van der Waals surface area contributed by atoms with Crippen LogP contribution < -0.4 is 9.47 Å². The van der Waals surface area contributed by atoms with Gasteiger partial charge in [0, 0.05) is 42.7 Å². The third-order valence-electron chi connectivity index (χ3n) is 5.95. The highest BCUT2D eigenvalue weighted by atomic mass is 32.1. The molecule has 0 bridgehead atoms. The van der Waals surface area contributed by atoms with E-state index in [4.69, 9.17) is 9.47 Å². The second-order valence-electron chi connectivity index (χ2n) is 8.50. The van der Waals surface area contributed by atoms with E-state index >= 15 is 0 Å². The lowest BCUT2D eigenvalue weighted by molar-refractivity contribution is 0.0535. The molecule has 1 saturated heterocycles. The lowest BCUT2D eigenvalue weighted by Gasteiger charge is -2.35. The van der Waals surface area contributed by atoms with E-state index in [0.29, 0.717) is 61.3 Å². The maximum Gasteiger partial charge on any atom is 0.254 e. The van der Waals surface area contributed by atoms with Crippen LogP contribution in [0.4, 0.5) is 0 Å². The summed E-state index contributed by atoms with van der Waals surface area (Å²) in [4.78, 5) is 33.8. The van der Waals surface area contributed by atoms with E-state index in [0.717, 1.165) is 5.69 Å². The molecular weight excluding hydrogens is 450 g/mol. The van der Waals surface area contributed by atoms with Gasteiger partial charge in [-0.1, -0.05) is 26.0 Å². The highest BCUT2D eigenvalue weighted by molar-refractivity contribution is 7.07. The number of rotatable bonds is 7. The van der Waals surface area contributed by atoms with Crippen molar-refractivity contribution < 1.29 is 19.1 Å². The Morgan fingerprint density at radius 1 is 0.941 bits per heavy atom. The summed E-state index contributed by atoms with van der Waals surface area (Å²) in [6.07, 6.45) is 0. The molecule has 2 amide bonds. The van der Waals surface area contributed by atoms with Gasteiger partial charge in [-0.05, 0) is 41.8 Å². The topological polar surface area (TPSA) is 72.0 Å². The van der Waals surface area contributed by atoms with Crippen LogP contribution in [0.25, 0.3) is 0 Å². The number of nitrogens with zero attached hydrogens (tertiary/aromatic N) is 3. The minimum atomic E-state index is -0.0854. The van der Waals surface area contributed by atoms with Gasteiger partial charge in [0.1, 0.15) is 6.61 Å². The first-order valence-electron chi connectivity index (χ1n) is 11.3. The van der Waals surface area contributed by atoms with Crippen molar-refractivity contribution in [1.82, 2.24) is 14.8 Å². The fourth-order valence-corrected chi connectivity index (χ4v) is 4.41. The van der Waals surface area contributed by atoms with Gasteiger partial charge in [0.05, 0.1) is 18.3 Å². The predicted octanol–water partition coefficient (Wildman–Crippen LogP) is 4.45. The highest BCUT2D eigenvalue weighted by Crippen LogP contribution is 2.29. The van der Waals surface area contributed by atoms with Gasteiger partial charge in [-0.3, -0.25) is 9.59 Å². The third-order valence-corrected chi connectivity index (χ3v) is 6.58. The number of ether oxygens (including phenoxy) is 2. The summed E-state index contributed by atoms with van der Waals surface area (Å²) >= 11 is 1.51. The molecule has 0 spiro atoms. The Kier molecular flexibility index (Phi) is 7.47. The Labute approximate surface area is 203 Å². The zero-order valence-corrected chi connectivity index (χ0v) is 20.5. The number of piperazine rings is 1. The average molecular weight is 480 g/mol. The standard InChI is InChI=1S/C26H29N3O4S/c1-18(2)19-4-6-20(7-5-19)25(30)28-10-12-29(13-11-28)26(31)21-8-9-23(24(14-21)32-3)33-15-22-16-34-17-27-22/h4-9,14,16-18H,10-13,15H2,1-3H3. The summed E-state index contributed by atoms with van der Waals surface area (Å²) in [5.74, 6) is 1.41. The minimum absolute atomic E-state index is 0.00527. The lowest BCUT2D eigenvalue weighted by atomic mass is 10.0. The summed E-state index contributed by atoms with van der Waals surface area (Å²) in [6, 6.07) is 13.0. The summed E-state index contributed by atoms with van der Waals surface area (Å²) in [5.41, 5.74) is 5.02. The highest BCUT2D eigenvalue weighted by Gasteiger charge is 2.26. The van der Waals surface area contributed by atoms with E-state index < -0.39 is 0 Å². The molecule has 1 fully saturated rings. The predicted molar refractivity (Wildman–Crippen MR) is 132 cm³/mol. The van der Waals surface area contributed by atoms with Gasteiger partial charge in [-0.25, -0.2) is 4.98 Å². The first-order valence-corrected chi connectivity index (χ1v) is 12.3. The average Bonchev–Trinajstić information content (AvgIpc) is 3.40. The van der Waals surface area contributed by atoms with Gasteiger partial charge < -0.3 is 19.3 Å². The zero-order chi connectivity index (χ0) is 24.1. The molecule has 7 nitrogen and oxygen atoms in total. The Balaban J connectivity index is 1.35. The second-order valence-corrected chi connectivity index (χ2v) is 9.21. The fourth-order valence-electron chi connectivity index (χ4n) is 3.87. The Morgan fingerprint density at radius 3 is 2.12 bits per heavy atom. The van der Waals surface area contributed by atoms with Gasteiger partial charge in [0.15, 0.2) is 11.5 Å². The second kappa shape index (κ2) is 10.7. The molecule has 0 unspecified atom stereocenters. The van der Waals surface area contributed by atoms with E-state index in [2.05, 4.69) is 18.8 Å². The van der Waals surface area contributed by atoms with Crippen LogP contribution in [0.5, 0.6) is 11.5 Å². The molecule has 1 aliphatic heterocycles. The SMILES string of the molecule is COc1cc(C(=O)N2CCN(C(=O)c3ccc(C(C)C)cc3)CC2)ccc1OCc1cscn1. The van der Waals surface area contributed by atoms with E-state index in [1.807, 2.05) is 34.5 Å². The number of aromatic nitrogens is 1. The van der Waals surface area contributed by atoms with E-state index in [1.54, 1.807) is 35.7 Å². The molecule has 4 rings (SSSR count). The number of benzene rings is 2. The van der Waals surface area contributed by atoms with Gasteiger partial charge in [0.25, 0.3) is 11.8 Å². The molecule has 2 heterocycles. The molecule has 3 aromatic rings. The van der Waals surface area contributed by atoms with Crippen LogP contribution in [0.15, 0.2) is 53.4 Å². The fraction of sp³-hybridized carbons (Fsp3) is 0.346. The molecule has 2 aromatic carbocycles. The molecule has 0 atom stereocenters. The largest absolute Gasteiger partial charge is 0.493 e. The smallest absolute Gasteiger partial charge is 0.254 e. The summed E-state index contributed by atoms with van der Waals surface area (Å²) < 4.78 is 11.3. The van der Waals surface area contributed by atoms with Crippen molar-refractivity contribution in [3.05, 3.63) is 75.7 Å². The van der Waals surface area contributed by atoms with Gasteiger partial charge in [-0.2, -0.15) is 0 Å². The Morgan fingerprint density at radius 2 is 1.56 bits per heavy atom. The van der Waals surface area contributed by atoms with Crippen molar-refractivity contribution in [2.24, 2.45) is 0 Å². The van der Waals surface area contributed by atoms with Crippen molar-refractivity contribution in [1.29, 1.82) is 0 Å². The normalized spacial score (nSPS) is 13.8. The molecule has 34 heavy (non-hydrogen) atoms. The van der Waals surface area contributed by atoms with Crippen LogP contribution in [0.2, 0.25) is 0 Å². The van der Waals surface area contributed by atoms with Gasteiger partial charge in [0.2, 0.25) is 0 Å². The van der Waals surface area contributed by atoms with Crippen LogP contribution in [0.1, 0.15) is 51.7 Å². The van der Waals surface area contributed by atoms with E-state index in [1.165, 1.54) is 16.9 Å². The minimum Gasteiger partial charge on any atom is -0.493 e. The van der Waals surface area contributed by atoms with E-state index in [9.17, 15) is 9.59 Å². The maximum atomic E-state index is 13.1. The van der Waals surface area contributed by atoms with Crippen molar-refractivity contribution in [2.75, 3.05) is 33.3 Å². The van der Waals surface area contributed by atoms with Crippen LogP contribution >= 0.6 is 11.3 Å². The van der Waals surface area contributed by atoms with Crippen LogP contribution in [-0.2, 0) is 6.61 Å². The number of thiazole rings is 1. The van der Waals surface area contributed by atoms with Crippen LogP contribution in [0.3, 0.4) is 0 Å². The van der Waals surface area contributed by atoms with Gasteiger partial charge >= 0.3 is 0 Å². The van der Waals surface area contributed by atoms with Crippen molar-refractivity contribution in [3.8, 4) is 11.5 Å². The molecular formula is C26H29N3O4S. The molecule has 0 radical (unpaired) electrons. The number of hydrogen-bond donors (Lipinski definition) is 0. The zero-order valence-electron chi connectivity index (χ0n) is 19.7. The van der Waals surface area contributed by atoms with Crippen molar-refractivity contribution >= 4 is 23.2 Å². The first-order chi connectivity index (χ1) is 16.5.